The van der Waals surface area contributed by atoms with Crippen LogP contribution >= 0.6 is 0 Å². The lowest BCUT2D eigenvalue weighted by atomic mass is 10.0. The van der Waals surface area contributed by atoms with E-state index in [2.05, 4.69) is 26.2 Å². The maximum atomic E-state index is 12.6. The summed E-state index contributed by atoms with van der Waals surface area (Å²) in [6.07, 6.45) is 0.807. The molecule has 8 nitrogen and oxygen atoms in total. The summed E-state index contributed by atoms with van der Waals surface area (Å²) in [5.41, 5.74) is 2.29. The number of amides is 2. The Labute approximate surface area is 162 Å². The molecule has 2 amide bonds. The number of nitrogens with one attached hydrogen (secondary N) is 2. The summed E-state index contributed by atoms with van der Waals surface area (Å²) in [5, 5.41) is 17.6. The Hall–Kier alpha value is -3.42. The number of anilines is 1. The largest absolute Gasteiger partial charge is 0.485 e. The number of aromatic nitrogens is 4. The number of fused-ring (bicyclic) bond motifs is 1. The molecule has 0 fully saturated rings. The van der Waals surface area contributed by atoms with Gasteiger partial charge < -0.3 is 15.4 Å². The molecule has 2 N–H and O–H groups in total. The second kappa shape index (κ2) is 6.95. The van der Waals surface area contributed by atoms with Crippen molar-refractivity contribution >= 4 is 11.7 Å². The van der Waals surface area contributed by atoms with Gasteiger partial charge in [0, 0.05) is 12.0 Å². The normalized spacial score (nSPS) is 15.4. The lowest BCUT2D eigenvalue weighted by Gasteiger charge is -2.19. The van der Waals surface area contributed by atoms with E-state index in [9.17, 15) is 4.79 Å². The van der Waals surface area contributed by atoms with E-state index < -0.39 is 6.04 Å². The van der Waals surface area contributed by atoms with Crippen LogP contribution in [-0.4, -0.2) is 31.8 Å². The van der Waals surface area contributed by atoms with Gasteiger partial charge >= 0.3 is 6.03 Å². The van der Waals surface area contributed by atoms with Gasteiger partial charge in [-0.3, -0.25) is 0 Å². The fourth-order valence-corrected chi connectivity index (χ4v) is 3.35. The van der Waals surface area contributed by atoms with Crippen molar-refractivity contribution in [3.05, 3.63) is 59.9 Å². The molecule has 4 rings (SSSR count). The number of para-hydroxylation sites is 2. The topological polar surface area (TPSA) is 94.0 Å². The number of tetrazole rings is 1. The average molecular weight is 378 g/mol. The van der Waals surface area contributed by atoms with Crippen molar-refractivity contribution in [1.82, 2.24) is 25.5 Å². The third kappa shape index (κ3) is 3.53. The highest BCUT2D eigenvalue weighted by atomic mass is 16.5. The molecule has 2 heterocycles. The Kier molecular flexibility index (Phi) is 4.46. The van der Waals surface area contributed by atoms with E-state index in [0.29, 0.717) is 11.5 Å². The summed E-state index contributed by atoms with van der Waals surface area (Å²) in [6.45, 7) is 5.89. The van der Waals surface area contributed by atoms with Crippen molar-refractivity contribution in [2.75, 3.05) is 5.32 Å². The first-order chi connectivity index (χ1) is 13.4. The molecule has 2 aromatic carbocycles. The van der Waals surface area contributed by atoms with Gasteiger partial charge in [-0.05, 0) is 49.4 Å². The molecular formula is C20H22N6O2. The van der Waals surface area contributed by atoms with Crippen LogP contribution in [-0.2, 0) is 6.42 Å². The van der Waals surface area contributed by atoms with E-state index in [-0.39, 0.29) is 11.6 Å². The Balaban J connectivity index is 1.48. The van der Waals surface area contributed by atoms with Gasteiger partial charge in [0.2, 0.25) is 0 Å². The molecular weight excluding hydrogens is 356 g/mol. The number of hydrogen-bond acceptors (Lipinski definition) is 5. The molecule has 28 heavy (non-hydrogen) atoms. The summed E-state index contributed by atoms with van der Waals surface area (Å²) in [5.74, 6) is 1.27. The van der Waals surface area contributed by atoms with E-state index >= 15 is 0 Å². The molecule has 1 unspecified atom stereocenters. The molecule has 0 bridgehead atoms. The molecule has 1 atom stereocenters. The zero-order valence-electron chi connectivity index (χ0n) is 16.0. The number of benzene rings is 2. The van der Waals surface area contributed by atoms with Crippen LogP contribution in [0, 0.1) is 0 Å². The minimum atomic E-state index is -0.399. The maximum Gasteiger partial charge on any atom is 0.319 e. The van der Waals surface area contributed by atoms with Crippen molar-refractivity contribution in [1.29, 1.82) is 0 Å². The molecule has 0 spiro atoms. The van der Waals surface area contributed by atoms with Crippen LogP contribution in [0.15, 0.2) is 48.5 Å². The summed E-state index contributed by atoms with van der Waals surface area (Å²) in [4.78, 5) is 12.6. The van der Waals surface area contributed by atoms with Crippen molar-refractivity contribution in [3.63, 3.8) is 0 Å². The summed E-state index contributed by atoms with van der Waals surface area (Å²) in [6, 6.07) is 14.6. The minimum absolute atomic E-state index is 0.276. The number of hydrogen-bond donors (Lipinski definition) is 2. The van der Waals surface area contributed by atoms with Crippen LogP contribution in [0.25, 0.3) is 5.69 Å². The third-order valence-electron chi connectivity index (χ3n) is 4.57. The van der Waals surface area contributed by atoms with Gasteiger partial charge in [0.1, 0.15) is 11.4 Å². The third-order valence-corrected chi connectivity index (χ3v) is 4.57. The van der Waals surface area contributed by atoms with Crippen molar-refractivity contribution in [2.24, 2.45) is 0 Å². The van der Waals surface area contributed by atoms with E-state index in [1.165, 1.54) is 0 Å². The zero-order chi connectivity index (χ0) is 19.7. The maximum absolute atomic E-state index is 12.6. The van der Waals surface area contributed by atoms with Gasteiger partial charge in [-0.1, -0.05) is 30.3 Å². The first kappa shape index (κ1) is 18.0. The number of nitrogens with zero attached hydrogens (tertiary/aromatic N) is 4. The summed E-state index contributed by atoms with van der Waals surface area (Å²) < 4.78 is 7.61. The predicted octanol–water partition coefficient (Wildman–Crippen LogP) is 3.26. The first-order valence-corrected chi connectivity index (χ1v) is 9.15. The molecule has 1 aliphatic rings. The first-order valence-electron chi connectivity index (χ1n) is 9.15. The highest BCUT2D eigenvalue weighted by molar-refractivity contribution is 5.91. The van der Waals surface area contributed by atoms with Crippen molar-refractivity contribution in [3.8, 4) is 11.4 Å². The van der Waals surface area contributed by atoms with E-state index in [1.54, 1.807) is 4.68 Å². The van der Waals surface area contributed by atoms with Gasteiger partial charge in [-0.15, -0.1) is 5.10 Å². The molecule has 144 valence electrons. The van der Waals surface area contributed by atoms with Crippen molar-refractivity contribution in [2.45, 2.75) is 38.8 Å². The molecule has 0 saturated carbocycles. The Morgan fingerprint density at radius 2 is 1.96 bits per heavy atom. The second-order valence-corrected chi connectivity index (χ2v) is 7.44. The van der Waals surface area contributed by atoms with Crippen LogP contribution in [0.2, 0.25) is 0 Å². The lowest BCUT2D eigenvalue weighted by Crippen LogP contribution is -2.33. The van der Waals surface area contributed by atoms with Crippen LogP contribution < -0.4 is 15.4 Å². The van der Waals surface area contributed by atoms with E-state index in [0.717, 1.165) is 23.4 Å². The van der Waals surface area contributed by atoms with E-state index in [4.69, 9.17) is 4.74 Å². The molecule has 1 aliphatic heterocycles. The average Bonchev–Trinajstić information content (AvgIpc) is 3.26. The smallest absolute Gasteiger partial charge is 0.319 e. The van der Waals surface area contributed by atoms with Crippen LogP contribution in [0.1, 0.15) is 38.2 Å². The predicted molar refractivity (Wildman–Crippen MR) is 105 cm³/mol. The SMILES string of the molecule is CC(NC(=O)Nc1cccc2c1OC(C)(C)C2)c1nnnn1-c1ccccc1. The number of carbonyl (C=O) groups excluding carboxylic acids is 1. The van der Waals surface area contributed by atoms with Gasteiger partial charge in [-0.25, -0.2) is 4.79 Å². The Morgan fingerprint density at radius 1 is 1.18 bits per heavy atom. The highest BCUT2D eigenvalue weighted by Crippen LogP contribution is 2.40. The monoisotopic (exact) mass is 378 g/mol. The summed E-state index contributed by atoms with van der Waals surface area (Å²) in [7, 11) is 0. The fraction of sp³-hybridized carbons (Fsp3) is 0.300. The van der Waals surface area contributed by atoms with Gasteiger partial charge in [0.15, 0.2) is 5.82 Å². The summed E-state index contributed by atoms with van der Waals surface area (Å²) >= 11 is 0. The zero-order valence-corrected chi connectivity index (χ0v) is 16.0. The van der Waals surface area contributed by atoms with Gasteiger partial charge in [-0.2, -0.15) is 4.68 Å². The van der Waals surface area contributed by atoms with Crippen LogP contribution in [0.3, 0.4) is 0 Å². The standard InChI is InChI=1S/C20H22N6O2/c1-13(18-23-24-25-26(18)15-9-5-4-6-10-15)21-19(27)22-16-11-7-8-14-12-20(2,3)28-17(14)16/h4-11,13H,12H2,1-3H3,(H2,21,22,27). The molecule has 3 aromatic rings. The molecule has 1 aromatic heterocycles. The Bertz CT molecular complexity index is 999. The number of urea groups is 1. The van der Waals surface area contributed by atoms with E-state index in [1.807, 2.05) is 69.3 Å². The van der Waals surface area contributed by atoms with Crippen LogP contribution in [0.4, 0.5) is 10.5 Å². The minimum Gasteiger partial charge on any atom is -0.485 e. The molecule has 0 aliphatic carbocycles. The van der Waals surface area contributed by atoms with Gasteiger partial charge in [0.05, 0.1) is 17.4 Å². The fourth-order valence-electron chi connectivity index (χ4n) is 3.35. The number of carbonyl (C=O) groups is 1. The molecule has 8 heteroatoms. The number of rotatable bonds is 4. The molecule has 0 saturated heterocycles. The number of ether oxygens (including phenoxy) is 1. The second-order valence-electron chi connectivity index (χ2n) is 7.44. The Morgan fingerprint density at radius 3 is 2.75 bits per heavy atom. The van der Waals surface area contributed by atoms with Crippen molar-refractivity contribution < 1.29 is 9.53 Å². The van der Waals surface area contributed by atoms with Crippen LogP contribution in [0.5, 0.6) is 5.75 Å². The quantitative estimate of drug-likeness (QED) is 0.727. The van der Waals surface area contributed by atoms with Gasteiger partial charge in [0.25, 0.3) is 0 Å². The molecule has 0 radical (unpaired) electrons. The lowest BCUT2D eigenvalue weighted by molar-refractivity contribution is 0.139. The highest BCUT2D eigenvalue weighted by Gasteiger charge is 2.32.